The van der Waals surface area contributed by atoms with Crippen molar-refractivity contribution in [2.45, 2.75) is 44.5 Å². The molecule has 8 heteroatoms. The maximum atomic E-state index is 10.9. The lowest BCUT2D eigenvalue weighted by atomic mass is 9.97. The molecule has 1 saturated heterocycles. The Bertz CT molecular complexity index is 319. The Hall–Kier alpha value is -1.22. The largest absolute Gasteiger partial charge is 0.463 e. The third-order valence-corrected chi connectivity index (χ3v) is 2.54. The van der Waals surface area contributed by atoms with Crippen LogP contribution in [0, 0.1) is 0 Å². The summed E-state index contributed by atoms with van der Waals surface area (Å²) in [5.41, 5.74) is 0. The van der Waals surface area contributed by atoms with Gasteiger partial charge in [-0.1, -0.05) is 0 Å². The summed E-state index contributed by atoms with van der Waals surface area (Å²) in [6.07, 6.45) is -5.35. The van der Waals surface area contributed by atoms with E-state index in [1.807, 2.05) is 0 Å². The standard InChI is InChI=1S/C10H17NO7/c1-4(12)11-7-9(15)8(14)6(18-10(7)16)3-17-5(2)13/h6-10,14-16H,3H2,1-2H3,(H,11,12). The van der Waals surface area contributed by atoms with Crippen molar-refractivity contribution >= 4 is 11.9 Å². The van der Waals surface area contributed by atoms with Crippen molar-refractivity contribution in [1.82, 2.24) is 5.32 Å². The molecular weight excluding hydrogens is 246 g/mol. The molecule has 1 heterocycles. The van der Waals surface area contributed by atoms with E-state index in [1.54, 1.807) is 0 Å². The van der Waals surface area contributed by atoms with Gasteiger partial charge in [-0.05, 0) is 0 Å². The summed E-state index contributed by atoms with van der Waals surface area (Å²) in [6.45, 7) is 2.09. The quantitative estimate of drug-likeness (QED) is 0.414. The highest BCUT2D eigenvalue weighted by atomic mass is 16.6. The highest BCUT2D eigenvalue weighted by Gasteiger charge is 2.44. The van der Waals surface area contributed by atoms with Crippen molar-refractivity contribution in [3.63, 3.8) is 0 Å². The zero-order valence-electron chi connectivity index (χ0n) is 10.1. The lowest BCUT2D eigenvalue weighted by molar-refractivity contribution is -0.255. The predicted molar refractivity (Wildman–Crippen MR) is 57.1 cm³/mol. The molecule has 8 nitrogen and oxygen atoms in total. The monoisotopic (exact) mass is 263 g/mol. The van der Waals surface area contributed by atoms with E-state index >= 15 is 0 Å². The number of carbonyl (C=O) groups is 2. The molecule has 1 fully saturated rings. The summed E-state index contributed by atoms with van der Waals surface area (Å²) in [5, 5.41) is 31.3. The normalized spacial score (nSPS) is 35.9. The topological polar surface area (TPSA) is 125 Å². The molecule has 4 N–H and O–H groups in total. The average Bonchev–Trinajstić information content (AvgIpc) is 2.27. The summed E-state index contributed by atoms with van der Waals surface area (Å²) in [5.74, 6) is -1.05. The minimum Gasteiger partial charge on any atom is -0.463 e. The number of hydrogen-bond donors (Lipinski definition) is 4. The Kier molecular flexibility index (Phi) is 5.03. The Morgan fingerprint density at radius 2 is 1.83 bits per heavy atom. The van der Waals surface area contributed by atoms with Crippen LogP contribution in [0.25, 0.3) is 0 Å². The van der Waals surface area contributed by atoms with E-state index in [4.69, 9.17) is 4.74 Å². The van der Waals surface area contributed by atoms with Crippen molar-refractivity contribution in [3.8, 4) is 0 Å². The summed E-state index contributed by atoms with van der Waals surface area (Å²) >= 11 is 0. The molecule has 0 aromatic rings. The Labute approximate surface area is 104 Å². The van der Waals surface area contributed by atoms with Crippen LogP contribution < -0.4 is 5.32 Å². The molecule has 104 valence electrons. The van der Waals surface area contributed by atoms with E-state index in [-0.39, 0.29) is 6.61 Å². The molecule has 5 atom stereocenters. The number of rotatable bonds is 3. The van der Waals surface area contributed by atoms with E-state index in [9.17, 15) is 24.9 Å². The first-order valence-electron chi connectivity index (χ1n) is 5.43. The van der Waals surface area contributed by atoms with Crippen LogP contribution in [0.1, 0.15) is 13.8 Å². The number of nitrogens with one attached hydrogen (secondary N) is 1. The van der Waals surface area contributed by atoms with Crippen LogP contribution in [-0.4, -0.2) is 64.4 Å². The summed E-state index contributed by atoms with van der Waals surface area (Å²) in [7, 11) is 0. The van der Waals surface area contributed by atoms with Gasteiger partial charge in [-0.3, -0.25) is 9.59 Å². The van der Waals surface area contributed by atoms with Crippen LogP contribution >= 0.6 is 0 Å². The fourth-order valence-corrected chi connectivity index (χ4v) is 1.67. The van der Waals surface area contributed by atoms with E-state index in [0.29, 0.717) is 0 Å². The average molecular weight is 263 g/mol. The molecule has 0 saturated carbocycles. The second-order valence-electron chi connectivity index (χ2n) is 4.08. The molecule has 1 aliphatic rings. The second-order valence-corrected chi connectivity index (χ2v) is 4.08. The fraction of sp³-hybridized carbons (Fsp3) is 0.800. The third kappa shape index (κ3) is 3.64. The first kappa shape index (κ1) is 14.8. The van der Waals surface area contributed by atoms with Gasteiger partial charge in [0.25, 0.3) is 0 Å². The van der Waals surface area contributed by atoms with Crippen molar-refractivity contribution in [2.75, 3.05) is 6.61 Å². The van der Waals surface area contributed by atoms with Gasteiger partial charge in [-0.2, -0.15) is 0 Å². The smallest absolute Gasteiger partial charge is 0.302 e. The molecule has 1 aliphatic heterocycles. The van der Waals surface area contributed by atoms with Crippen LogP contribution in [0.15, 0.2) is 0 Å². The molecule has 0 bridgehead atoms. The molecule has 0 aliphatic carbocycles. The molecular formula is C10H17NO7. The van der Waals surface area contributed by atoms with Crippen molar-refractivity contribution < 1.29 is 34.4 Å². The van der Waals surface area contributed by atoms with Crippen LogP contribution in [0.2, 0.25) is 0 Å². The number of esters is 1. The van der Waals surface area contributed by atoms with Gasteiger partial charge in [0.15, 0.2) is 6.29 Å². The molecule has 1 amide bonds. The van der Waals surface area contributed by atoms with Crippen molar-refractivity contribution in [1.29, 1.82) is 0 Å². The lowest BCUT2D eigenvalue weighted by Gasteiger charge is -2.40. The van der Waals surface area contributed by atoms with Gasteiger partial charge in [-0.15, -0.1) is 0 Å². The van der Waals surface area contributed by atoms with Gasteiger partial charge in [0.05, 0.1) is 0 Å². The number of carbonyl (C=O) groups excluding carboxylic acids is 2. The van der Waals surface area contributed by atoms with Crippen molar-refractivity contribution in [2.24, 2.45) is 0 Å². The van der Waals surface area contributed by atoms with E-state index < -0.39 is 42.5 Å². The third-order valence-electron chi connectivity index (χ3n) is 2.54. The number of amides is 1. The molecule has 0 aromatic carbocycles. The first-order chi connectivity index (χ1) is 8.32. The maximum Gasteiger partial charge on any atom is 0.302 e. The zero-order valence-corrected chi connectivity index (χ0v) is 10.1. The maximum absolute atomic E-state index is 10.9. The molecule has 1 rings (SSSR count). The van der Waals surface area contributed by atoms with Gasteiger partial charge in [0.1, 0.15) is 31.0 Å². The Morgan fingerprint density at radius 3 is 2.33 bits per heavy atom. The van der Waals surface area contributed by atoms with Gasteiger partial charge in [0, 0.05) is 13.8 Å². The second kappa shape index (κ2) is 6.10. The summed E-state index contributed by atoms with van der Waals surface area (Å²) < 4.78 is 9.62. The van der Waals surface area contributed by atoms with E-state index in [0.717, 1.165) is 0 Å². The molecule has 5 unspecified atom stereocenters. The lowest BCUT2D eigenvalue weighted by Crippen LogP contribution is -2.64. The highest BCUT2D eigenvalue weighted by molar-refractivity contribution is 5.73. The summed E-state index contributed by atoms with van der Waals surface area (Å²) in [4.78, 5) is 21.5. The van der Waals surface area contributed by atoms with Gasteiger partial charge < -0.3 is 30.1 Å². The number of hydrogen-bond acceptors (Lipinski definition) is 7. The van der Waals surface area contributed by atoms with E-state index in [1.165, 1.54) is 13.8 Å². The predicted octanol–water partition coefficient (Wildman–Crippen LogP) is -2.51. The Balaban J connectivity index is 2.64. The van der Waals surface area contributed by atoms with Crippen LogP contribution in [0.5, 0.6) is 0 Å². The zero-order chi connectivity index (χ0) is 13.9. The van der Waals surface area contributed by atoms with Gasteiger partial charge in [0.2, 0.25) is 5.91 Å². The fourth-order valence-electron chi connectivity index (χ4n) is 1.67. The van der Waals surface area contributed by atoms with Crippen LogP contribution in [-0.2, 0) is 19.1 Å². The van der Waals surface area contributed by atoms with Crippen LogP contribution in [0.4, 0.5) is 0 Å². The van der Waals surface area contributed by atoms with Gasteiger partial charge >= 0.3 is 5.97 Å². The van der Waals surface area contributed by atoms with Crippen LogP contribution in [0.3, 0.4) is 0 Å². The minimum absolute atomic E-state index is 0.294. The highest BCUT2D eigenvalue weighted by Crippen LogP contribution is 2.20. The molecule has 0 radical (unpaired) electrons. The SMILES string of the molecule is CC(=O)NC1C(O)OC(COC(C)=O)C(O)C1O. The number of aliphatic hydroxyl groups is 3. The number of ether oxygens (including phenoxy) is 2. The van der Waals surface area contributed by atoms with E-state index in [2.05, 4.69) is 10.1 Å². The number of aliphatic hydroxyl groups excluding tert-OH is 3. The molecule has 0 aromatic heterocycles. The minimum atomic E-state index is -1.49. The Morgan fingerprint density at radius 1 is 1.22 bits per heavy atom. The molecule has 0 spiro atoms. The summed E-state index contributed by atoms with van der Waals surface area (Å²) in [6, 6.07) is -1.13. The first-order valence-corrected chi connectivity index (χ1v) is 5.43. The molecule has 18 heavy (non-hydrogen) atoms. The van der Waals surface area contributed by atoms with Gasteiger partial charge in [-0.25, -0.2) is 0 Å². The van der Waals surface area contributed by atoms with Crippen molar-refractivity contribution in [3.05, 3.63) is 0 Å².